The highest BCUT2D eigenvalue weighted by Crippen LogP contribution is 2.24. The largest absolute Gasteiger partial charge is 0.310 e. The van der Waals surface area contributed by atoms with Crippen LogP contribution in [0.25, 0.3) is 0 Å². The van der Waals surface area contributed by atoms with Gasteiger partial charge in [0.15, 0.2) is 0 Å². The SMILES string of the molecule is CCCNC1CCCN(c2ccccc2C#N)C1=O. The first-order valence-corrected chi connectivity index (χ1v) is 6.81. The van der Waals surface area contributed by atoms with Crippen LogP contribution in [0.3, 0.4) is 0 Å². The van der Waals surface area contributed by atoms with Crippen molar-refractivity contribution in [3.63, 3.8) is 0 Å². The van der Waals surface area contributed by atoms with E-state index in [1.807, 2.05) is 18.2 Å². The Morgan fingerprint density at radius 1 is 1.47 bits per heavy atom. The molecule has 1 aliphatic rings. The maximum Gasteiger partial charge on any atom is 0.244 e. The molecule has 2 rings (SSSR count). The van der Waals surface area contributed by atoms with Gasteiger partial charge in [-0.2, -0.15) is 5.26 Å². The summed E-state index contributed by atoms with van der Waals surface area (Å²) in [7, 11) is 0. The highest BCUT2D eigenvalue weighted by Gasteiger charge is 2.29. The molecule has 1 fully saturated rings. The second-order valence-corrected chi connectivity index (χ2v) is 4.77. The quantitative estimate of drug-likeness (QED) is 0.898. The van der Waals surface area contributed by atoms with Gasteiger partial charge in [-0.15, -0.1) is 0 Å². The summed E-state index contributed by atoms with van der Waals surface area (Å²) in [5, 5.41) is 12.4. The summed E-state index contributed by atoms with van der Waals surface area (Å²) < 4.78 is 0. The number of benzene rings is 1. The highest BCUT2D eigenvalue weighted by molar-refractivity contribution is 5.99. The van der Waals surface area contributed by atoms with E-state index in [9.17, 15) is 4.79 Å². The number of para-hydroxylation sites is 1. The molecule has 0 aromatic heterocycles. The summed E-state index contributed by atoms with van der Waals surface area (Å²) in [5.74, 6) is 0.0856. The topological polar surface area (TPSA) is 56.1 Å². The van der Waals surface area contributed by atoms with Crippen LogP contribution >= 0.6 is 0 Å². The van der Waals surface area contributed by atoms with Crippen LogP contribution in [0.5, 0.6) is 0 Å². The Morgan fingerprint density at radius 3 is 3.00 bits per heavy atom. The second-order valence-electron chi connectivity index (χ2n) is 4.77. The molecular weight excluding hydrogens is 238 g/mol. The molecule has 4 nitrogen and oxygen atoms in total. The van der Waals surface area contributed by atoms with Gasteiger partial charge in [-0.25, -0.2) is 0 Å². The number of nitrogens with zero attached hydrogens (tertiary/aromatic N) is 2. The van der Waals surface area contributed by atoms with E-state index in [2.05, 4.69) is 18.3 Å². The minimum atomic E-state index is -0.111. The van der Waals surface area contributed by atoms with Crippen LogP contribution < -0.4 is 10.2 Å². The molecule has 1 aromatic rings. The lowest BCUT2D eigenvalue weighted by atomic mass is 10.0. The molecule has 4 heteroatoms. The first kappa shape index (κ1) is 13.6. The second kappa shape index (κ2) is 6.35. The number of nitriles is 1. The molecule has 100 valence electrons. The van der Waals surface area contributed by atoms with Crippen LogP contribution in [-0.4, -0.2) is 25.0 Å². The fraction of sp³-hybridized carbons (Fsp3) is 0.467. The molecule has 0 radical (unpaired) electrons. The van der Waals surface area contributed by atoms with E-state index < -0.39 is 0 Å². The zero-order valence-corrected chi connectivity index (χ0v) is 11.2. The maximum absolute atomic E-state index is 12.5. The van der Waals surface area contributed by atoms with Crippen molar-refractivity contribution in [3.05, 3.63) is 29.8 Å². The van der Waals surface area contributed by atoms with E-state index in [4.69, 9.17) is 5.26 Å². The summed E-state index contributed by atoms with van der Waals surface area (Å²) in [6, 6.07) is 9.34. The number of rotatable bonds is 4. The summed E-state index contributed by atoms with van der Waals surface area (Å²) in [4.78, 5) is 14.2. The van der Waals surface area contributed by atoms with E-state index >= 15 is 0 Å². The predicted octanol–water partition coefficient (Wildman–Crippen LogP) is 2.05. The van der Waals surface area contributed by atoms with Crippen molar-refractivity contribution in [2.75, 3.05) is 18.0 Å². The average molecular weight is 257 g/mol. The standard InChI is InChI=1S/C15H19N3O/c1-2-9-17-13-7-5-10-18(15(13)19)14-8-4-3-6-12(14)11-16/h3-4,6,8,13,17H,2,5,7,9-10H2,1H3. The van der Waals surface area contributed by atoms with Gasteiger partial charge < -0.3 is 10.2 Å². The molecule has 1 heterocycles. The minimum absolute atomic E-state index is 0.0856. The van der Waals surface area contributed by atoms with Crippen molar-refractivity contribution in [1.82, 2.24) is 5.32 Å². The number of carbonyl (C=O) groups is 1. The third-order valence-corrected chi connectivity index (χ3v) is 3.39. The number of anilines is 1. The van der Waals surface area contributed by atoms with Crippen LogP contribution in [0.2, 0.25) is 0 Å². The highest BCUT2D eigenvalue weighted by atomic mass is 16.2. The molecule has 0 aliphatic carbocycles. The molecule has 0 spiro atoms. The summed E-state index contributed by atoms with van der Waals surface area (Å²) in [5.41, 5.74) is 1.30. The van der Waals surface area contributed by atoms with Gasteiger partial charge in [-0.05, 0) is 37.9 Å². The van der Waals surface area contributed by atoms with Crippen molar-refractivity contribution in [2.45, 2.75) is 32.2 Å². The molecule has 1 N–H and O–H groups in total. The lowest BCUT2D eigenvalue weighted by molar-refractivity contribution is -0.121. The Kier molecular flexibility index (Phi) is 4.53. The van der Waals surface area contributed by atoms with Gasteiger partial charge in [-0.1, -0.05) is 19.1 Å². The van der Waals surface area contributed by atoms with Crippen molar-refractivity contribution in [2.24, 2.45) is 0 Å². The van der Waals surface area contributed by atoms with Crippen LogP contribution in [0.15, 0.2) is 24.3 Å². The molecule has 0 saturated carbocycles. The molecule has 0 bridgehead atoms. The van der Waals surface area contributed by atoms with E-state index in [-0.39, 0.29) is 11.9 Å². The summed E-state index contributed by atoms with van der Waals surface area (Å²) in [6.07, 6.45) is 2.86. The molecule has 1 unspecified atom stereocenters. The monoisotopic (exact) mass is 257 g/mol. The van der Waals surface area contributed by atoms with Gasteiger partial charge in [0.05, 0.1) is 17.3 Å². The lowest BCUT2D eigenvalue weighted by Crippen LogP contribution is -2.51. The number of amides is 1. The average Bonchev–Trinajstić information content (AvgIpc) is 2.46. The zero-order valence-electron chi connectivity index (χ0n) is 11.2. The molecule has 19 heavy (non-hydrogen) atoms. The van der Waals surface area contributed by atoms with Crippen molar-refractivity contribution < 1.29 is 4.79 Å². The molecular formula is C15H19N3O. The molecule has 1 atom stereocenters. The fourth-order valence-electron chi connectivity index (χ4n) is 2.43. The fourth-order valence-corrected chi connectivity index (χ4v) is 2.43. The number of nitrogens with one attached hydrogen (secondary N) is 1. The Hall–Kier alpha value is -1.86. The van der Waals surface area contributed by atoms with Crippen molar-refractivity contribution >= 4 is 11.6 Å². The third kappa shape index (κ3) is 2.94. The Labute approximate surface area is 114 Å². The van der Waals surface area contributed by atoms with E-state index in [1.54, 1.807) is 11.0 Å². The molecule has 1 aliphatic heterocycles. The van der Waals surface area contributed by atoms with Gasteiger partial charge in [-0.3, -0.25) is 4.79 Å². The molecule has 1 saturated heterocycles. The van der Waals surface area contributed by atoms with Crippen molar-refractivity contribution in [3.8, 4) is 6.07 Å². The van der Waals surface area contributed by atoms with Gasteiger partial charge in [0.25, 0.3) is 0 Å². The maximum atomic E-state index is 12.5. The first-order valence-electron chi connectivity index (χ1n) is 6.81. The third-order valence-electron chi connectivity index (χ3n) is 3.39. The van der Waals surface area contributed by atoms with E-state index in [0.717, 1.165) is 31.5 Å². The van der Waals surface area contributed by atoms with Gasteiger partial charge in [0.1, 0.15) is 6.07 Å². The molecule has 1 aromatic carbocycles. The van der Waals surface area contributed by atoms with Gasteiger partial charge >= 0.3 is 0 Å². The number of hydrogen-bond acceptors (Lipinski definition) is 3. The zero-order chi connectivity index (χ0) is 13.7. The number of piperidine rings is 1. The Morgan fingerprint density at radius 2 is 2.26 bits per heavy atom. The number of hydrogen-bond donors (Lipinski definition) is 1. The van der Waals surface area contributed by atoms with Crippen LogP contribution in [0, 0.1) is 11.3 Å². The lowest BCUT2D eigenvalue weighted by Gasteiger charge is -2.33. The van der Waals surface area contributed by atoms with E-state index in [1.165, 1.54) is 0 Å². The first-order chi connectivity index (χ1) is 9.27. The molecule has 1 amide bonds. The van der Waals surface area contributed by atoms with Crippen molar-refractivity contribution in [1.29, 1.82) is 5.26 Å². The minimum Gasteiger partial charge on any atom is -0.310 e. The van der Waals surface area contributed by atoms with Gasteiger partial charge in [0.2, 0.25) is 5.91 Å². The predicted molar refractivity (Wildman–Crippen MR) is 74.8 cm³/mol. The van der Waals surface area contributed by atoms with Crippen LogP contribution in [-0.2, 0) is 4.79 Å². The Balaban J connectivity index is 2.20. The summed E-state index contributed by atoms with van der Waals surface area (Å²) in [6.45, 7) is 3.63. The van der Waals surface area contributed by atoms with Crippen LogP contribution in [0.1, 0.15) is 31.7 Å². The smallest absolute Gasteiger partial charge is 0.244 e. The van der Waals surface area contributed by atoms with Gasteiger partial charge in [0, 0.05) is 6.54 Å². The number of carbonyl (C=O) groups excluding carboxylic acids is 1. The summed E-state index contributed by atoms with van der Waals surface area (Å²) >= 11 is 0. The van der Waals surface area contributed by atoms with Crippen LogP contribution in [0.4, 0.5) is 5.69 Å². The Bertz CT molecular complexity index is 492. The van der Waals surface area contributed by atoms with E-state index in [0.29, 0.717) is 12.1 Å². The normalized spacial score (nSPS) is 19.3.